The van der Waals surface area contributed by atoms with Gasteiger partial charge in [0.05, 0.1) is 27.4 Å². The minimum absolute atomic E-state index is 0.0858. The molecule has 7 heteroatoms. The van der Waals surface area contributed by atoms with Crippen LogP contribution in [0, 0.1) is 24.6 Å². The molecule has 0 saturated heterocycles. The van der Waals surface area contributed by atoms with Crippen LogP contribution in [0.2, 0.25) is 0 Å². The number of benzene rings is 3. The molecule has 172 valence electrons. The molecule has 1 aliphatic carbocycles. The minimum Gasteiger partial charge on any atom is -0.481 e. The number of aromatic nitrogens is 1. The predicted octanol–water partition coefficient (Wildman–Crippen LogP) is 6.84. The number of thiazole rings is 1. The molecular formula is C27H23FN2O3S. The van der Waals surface area contributed by atoms with E-state index in [0.29, 0.717) is 30.0 Å². The second kappa shape index (κ2) is 8.99. The van der Waals surface area contributed by atoms with Crippen molar-refractivity contribution in [2.45, 2.75) is 26.2 Å². The summed E-state index contributed by atoms with van der Waals surface area (Å²) in [4.78, 5) is 29.5. The molecule has 4 aromatic rings. The molecule has 5 nitrogen and oxygen atoms in total. The van der Waals surface area contributed by atoms with Gasteiger partial charge in [0, 0.05) is 11.5 Å². The highest BCUT2D eigenvalue weighted by Gasteiger charge is 2.39. The van der Waals surface area contributed by atoms with Crippen LogP contribution in [0.4, 0.5) is 15.2 Å². The standard InChI is InChI=1S/C27H23FN2O3S/c1-15-10-13-21-22(14-15)34-27(29-21)30-24-17(16-6-3-2-4-7-16)11-12-20(23(24)28)25(31)18-8-5-9-19(18)26(32)33/h2-4,6-7,10-14,18-19H,5,8-9H2,1H3,(H,29,30)(H,32,33)/t18-,19-/m1/s1. The first-order valence-electron chi connectivity index (χ1n) is 11.2. The molecule has 2 N–H and O–H groups in total. The molecule has 1 aliphatic rings. The Hall–Kier alpha value is -3.58. The predicted molar refractivity (Wildman–Crippen MR) is 132 cm³/mol. The van der Waals surface area contributed by atoms with E-state index in [2.05, 4.69) is 10.3 Å². The first-order chi connectivity index (χ1) is 16.4. The van der Waals surface area contributed by atoms with Gasteiger partial charge in [-0.25, -0.2) is 9.37 Å². The number of carbonyl (C=O) groups excluding carboxylic acids is 1. The van der Waals surface area contributed by atoms with Crippen molar-refractivity contribution in [2.24, 2.45) is 11.8 Å². The molecule has 0 radical (unpaired) electrons. The fourth-order valence-electron chi connectivity index (χ4n) is 4.71. The second-order valence-corrected chi connectivity index (χ2v) is 9.71. The second-order valence-electron chi connectivity index (χ2n) is 8.68. The summed E-state index contributed by atoms with van der Waals surface area (Å²) in [5, 5.41) is 13.2. The van der Waals surface area contributed by atoms with Crippen LogP contribution in [0.15, 0.2) is 60.7 Å². The van der Waals surface area contributed by atoms with Crippen LogP contribution in [-0.4, -0.2) is 21.8 Å². The van der Waals surface area contributed by atoms with Gasteiger partial charge in [-0.05, 0) is 49.1 Å². The van der Waals surface area contributed by atoms with Crippen LogP contribution >= 0.6 is 11.3 Å². The first-order valence-corrected chi connectivity index (χ1v) is 12.0. The van der Waals surface area contributed by atoms with Crippen molar-refractivity contribution in [3.8, 4) is 11.1 Å². The Balaban J connectivity index is 1.59. The summed E-state index contributed by atoms with van der Waals surface area (Å²) in [6.45, 7) is 2.00. The number of ketones is 1. The number of Topliss-reactive ketones (excluding diaryl/α,β-unsaturated/α-hetero) is 1. The highest BCUT2D eigenvalue weighted by atomic mass is 32.1. The van der Waals surface area contributed by atoms with Gasteiger partial charge in [-0.2, -0.15) is 0 Å². The Kier molecular flexibility index (Phi) is 5.87. The fourth-order valence-corrected chi connectivity index (χ4v) is 5.68. The van der Waals surface area contributed by atoms with E-state index in [9.17, 15) is 14.7 Å². The minimum atomic E-state index is -1.000. The lowest BCUT2D eigenvalue weighted by Gasteiger charge is -2.18. The SMILES string of the molecule is Cc1ccc2nc(Nc3c(-c4ccccc4)ccc(C(=O)[C@@H]4CCC[C@H]4C(=O)O)c3F)sc2c1. The lowest BCUT2D eigenvalue weighted by molar-refractivity contribution is -0.142. The lowest BCUT2D eigenvalue weighted by Crippen LogP contribution is -2.26. The van der Waals surface area contributed by atoms with Crippen LogP contribution < -0.4 is 5.32 Å². The van der Waals surface area contributed by atoms with E-state index < -0.39 is 29.4 Å². The third-order valence-electron chi connectivity index (χ3n) is 6.44. The zero-order chi connectivity index (χ0) is 23.8. The van der Waals surface area contributed by atoms with Gasteiger partial charge in [-0.15, -0.1) is 0 Å². The van der Waals surface area contributed by atoms with Gasteiger partial charge in [0.25, 0.3) is 0 Å². The Morgan fingerprint density at radius 2 is 1.82 bits per heavy atom. The zero-order valence-electron chi connectivity index (χ0n) is 18.5. The lowest BCUT2D eigenvalue weighted by atomic mass is 9.87. The average Bonchev–Trinajstić information content (AvgIpc) is 3.47. The van der Waals surface area contributed by atoms with Gasteiger partial charge in [0.2, 0.25) is 0 Å². The molecule has 0 bridgehead atoms. The van der Waals surface area contributed by atoms with Crippen LogP contribution in [-0.2, 0) is 4.79 Å². The van der Waals surface area contributed by atoms with Gasteiger partial charge in [0.15, 0.2) is 16.7 Å². The topological polar surface area (TPSA) is 79.3 Å². The molecule has 2 atom stereocenters. The number of carboxylic acids is 1. The molecule has 3 aromatic carbocycles. The number of carbonyl (C=O) groups is 2. The van der Waals surface area contributed by atoms with Crippen molar-refractivity contribution < 1.29 is 19.1 Å². The maximum Gasteiger partial charge on any atom is 0.307 e. The van der Waals surface area contributed by atoms with Gasteiger partial charge < -0.3 is 10.4 Å². The number of nitrogens with zero attached hydrogens (tertiary/aromatic N) is 1. The van der Waals surface area contributed by atoms with Gasteiger partial charge >= 0.3 is 5.97 Å². The number of carboxylic acid groups (broad SMARTS) is 1. The summed E-state index contributed by atoms with van der Waals surface area (Å²) < 4.78 is 17.0. The molecule has 0 spiro atoms. The van der Waals surface area contributed by atoms with E-state index >= 15 is 4.39 Å². The Labute approximate surface area is 200 Å². The number of aliphatic carboxylic acids is 1. The van der Waals surface area contributed by atoms with Crippen LogP contribution in [0.1, 0.15) is 35.2 Å². The van der Waals surface area contributed by atoms with Gasteiger partial charge in [0.1, 0.15) is 0 Å². The third-order valence-corrected chi connectivity index (χ3v) is 7.37. The zero-order valence-corrected chi connectivity index (χ0v) is 19.4. The summed E-state index contributed by atoms with van der Waals surface area (Å²) in [5.41, 5.74) is 3.39. The molecule has 0 aliphatic heterocycles. The van der Waals surface area contributed by atoms with Crippen molar-refractivity contribution in [3.63, 3.8) is 0 Å². The maximum absolute atomic E-state index is 16.0. The molecule has 1 aromatic heterocycles. The molecular weight excluding hydrogens is 451 g/mol. The van der Waals surface area contributed by atoms with E-state index in [1.807, 2.05) is 55.5 Å². The fraction of sp³-hybridized carbons (Fsp3) is 0.222. The number of nitrogens with one attached hydrogen (secondary N) is 1. The quantitative estimate of drug-likeness (QED) is 0.299. The summed E-state index contributed by atoms with van der Waals surface area (Å²) in [5.74, 6) is -3.62. The van der Waals surface area contributed by atoms with E-state index in [1.54, 1.807) is 6.07 Å². The third kappa shape index (κ3) is 4.07. The summed E-state index contributed by atoms with van der Waals surface area (Å²) in [7, 11) is 0. The number of halogens is 1. The Morgan fingerprint density at radius 1 is 1.06 bits per heavy atom. The molecule has 0 unspecified atom stereocenters. The molecule has 1 fully saturated rings. The molecule has 0 amide bonds. The Bertz CT molecular complexity index is 1400. The summed E-state index contributed by atoms with van der Waals surface area (Å²) in [6, 6.07) is 18.5. The summed E-state index contributed by atoms with van der Waals surface area (Å²) in [6.07, 6.45) is 1.54. The van der Waals surface area contributed by atoms with Gasteiger partial charge in [-0.3, -0.25) is 9.59 Å². The normalized spacial score (nSPS) is 17.7. The van der Waals surface area contributed by atoms with E-state index in [1.165, 1.54) is 17.4 Å². The number of rotatable bonds is 6. The van der Waals surface area contributed by atoms with Crippen molar-refractivity contribution in [2.75, 3.05) is 5.32 Å². The monoisotopic (exact) mass is 474 g/mol. The van der Waals surface area contributed by atoms with E-state index in [-0.39, 0.29) is 11.3 Å². The van der Waals surface area contributed by atoms with Crippen molar-refractivity contribution >= 4 is 44.1 Å². The van der Waals surface area contributed by atoms with Crippen molar-refractivity contribution in [1.82, 2.24) is 4.98 Å². The van der Waals surface area contributed by atoms with Crippen LogP contribution in [0.5, 0.6) is 0 Å². The van der Waals surface area contributed by atoms with Crippen molar-refractivity contribution in [3.05, 3.63) is 77.6 Å². The van der Waals surface area contributed by atoms with E-state index in [0.717, 1.165) is 21.3 Å². The highest BCUT2D eigenvalue weighted by molar-refractivity contribution is 7.22. The number of fused-ring (bicyclic) bond motifs is 1. The van der Waals surface area contributed by atoms with Crippen LogP contribution in [0.25, 0.3) is 21.3 Å². The molecule has 1 saturated carbocycles. The van der Waals surface area contributed by atoms with Crippen LogP contribution in [0.3, 0.4) is 0 Å². The smallest absolute Gasteiger partial charge is 0.307 e. The number of hydrogen-bond acceptors (Lipinski definition) is 5. The first kappa shape index (κ1) is 22.2. The molecule has 34 heavy (non-hydrogen) atoms. The van der Waals surface area contributed by atoms with Gasteiger partial charge in [-0.1, -0.05) is 60.2 Å². The number of aryl methyl sites for hydroxylation is 1. The van der Waals surface area contributed by atoms with Crippen molar-refractivity contribution in [1.29, 1.82) is 0 Å². The highest BCUT2D eigenvalue weighted by Crippen LogP contribution is 2.40. The number of anilines is 2. The Morgan fingerprint density at radius 3 is 2.59 bits per heavy atom. The molecule has 1 heterocycles. The maximum atomic E-state index is 16.0. The average molecular weight is 475 g/mol. The van der Waals surface area contributed by atoms with E-state index in [4.69, 9.17) is 0 Å². The molecule has 5 rings (SSSR count). The summed E-state index contributed by atoms with van der Waals surface area (Å²) >= 11 is 1.41. The number of hydrogen-bond donors (Lipinski definition) is 2. The largest absolute Gasteiger partial charge is 0.481 e.